The number of carbonyl (C=O) groups is 1. The Balaban J connectivity index is 2.01. The molecule has 5 nitrogen and oxygen atoms in total. The molecule has 0 bridgehead atoms. The first-order valence-corrected chi connectivity index (χ1v) is 7.22. The first-order valence-electron chi connectivity index (χ1n) is 7.22. The molecule has 0 aliphatic heterocycles. The Hall–Kier alpha value is -2.35. The second-order valence-electron chi connectivity index (χ2n) is 5.83. The average Bonchev–Trinajstić information content (AvgIpc) is 2.95. The van der Waals surface area contributed by atoms with Gasteiger partial charge >= 0.3 is 6.18 Å². The van der Waals surface area contributed by atoms with Crippen LogP contribution in [0.3, 0.4) is 0 Å². The lowest BCUT2D eigenvalue weighted by Crippen LogP contribution is -2.46. The first-order chi connectivity index (χ1) is 11.1. The van der Waals surface area contributed by atoms with Crippen LogP contribution in [-0.2, 0) is 11.3 Å². The SMILES string of the molecule is CN(Cc1cnn(-c2ccccc2)c1)C(=O)C[C@](C)(O)C(F)(F)F. The van der Waals surface area contributed by atoms with Gasteiger partial charge < -0.3 is 10.0 Å². The zero-order valence-electron chi connectivity index (χ0n) is 13.3. The summed E-state index contributed by atoms with van der Waals surface area (Å²) in [6, 6.07) is 9.28. The molecule has 24 heavy (non-hydrogen) atoms. The Morgan fingerprint density at radius 1 is 1.29 bits per heavy atom. The number of para-hydroxylation sites is 1. The van der Waals surface area contributed by atoms with E-state index in [1.807, 2.05) is 30.3 Å². The van der Waals surface area contributed by atoms with Crippen LogP contribution in [0.15, 0.2) is 42.7 Å². The standard InChI is InChI=1S/C16H18F3N3O2/c1-15(24,16(17,18)19)8-14(23)21(2)10-12-9-20-22(11-12)13-6-4-3-5-7-13/h3-7,9,11,24H,8,10H2,1-2H3/t15-/m0/s1. The third kappa shape index (κ3) is 4.14. The molecule has 2 rings (SSSR count). The van der Waals surface area contributed by atoms with Crippen molar-refractivity contribution in [2.24, 2.45) is 0 Å². The molecule has 1 N–H and O–H groups in total. The summed E-state index contributed by atoms with van der Waals surface area (Å²) in [5.74, 6) is -0.801. The van der Waals surface area contributed by atoms with E-state index < -0.39 is 24.1 Å². The number of nitrogens with zero attached hydrogens (tertiary/aromatic N) is 3. The lowest BCUT2D eigenvalue weighted by atomic mass is 10.0. The highest BCUT2D eigenvalue weighted by Crippen LogP contribution is 2.33. The van der Waals surface area contributed by atoms with Gasteiger partial charge in [0.05, 0.1) is 18.3 Å². The van der Waals surface area contributed by atoms with Crippen molar-refractivity contribution < 1.29 is 23.1 Å². The second-order valence-corrected chi connectivity index (χ2v) is 5.83. The van der Waals surface area contributed by atoms with E-state index in [4.69, 9.17) is 0 Å². The fourth-order valence-corrected chi connectivity index (χ4v) is 2.06. The number of rotatable bonds is 5. The molecule has 1 heterocycles. The maximum Gasteiger partial charge on any atom is 0.417 e. The molecule has 2 aromatic rings. The van der Waals surface area contributed by atoms with Crippen molar-refractivity contribution in [2.75, 3.05) is 7.05 Å². The number of hydrogen-bond acceptors (Lipinski definition) is 3. The fraction of sp³-hybridized carbons (Fsp3) is 0.375. The topological polar surface area (TPSA) is 58.4 Å². The van der Waals surface area contributed by atoms with Crippen LogP contribution in [0, 0.1) is 0 Å². The van der Waals surface area contributed by atoms with E-state index in [9.17, 15) is 23.1 Å². The number of benzene rings is 1. The van der Waals surface area contributed by atoms with E-state index >= 15 is 0 Å². The summed E-state index contributed by atoms with van der Waals surface area (Å²) < 4.78 is 39.5. The van der Waals surface area contributed by atoms with Crippen LogP contribution in [0.1, 0.15) is 18.9 Å². The maximum atomic E-state index is 12.6. The van der Waals surface area contributed by atoms with Gasteiger partial charge in [0.2, 0.25) is 5.91 Å². The van der Waals surface area contributed by atoms with E-state index in [2.05, 4.69) is 5.10 Å². The largest absolute Gasteiger partial charge is 0.417 e. The molecule has 1 atom stereocenters. The van der Waals surface area contributed by atoms with E-state index in [1.54, 1.807) is 17.1 Å². The molecule has 1 aromatic heterocycles. The third-order valence-corrected chi connectivity index (χ3v) is 3.61. The Morgan fingerprint density at radius 3 is 2.50 bits per heavy atom. The number of aromatic nitrogens is 2. The number of hydrogen-bond donors (Lipinski definition) is 1. The molecule has 0 saturated carbocycles. The minimum absolute atomic E-state index is 0.0968. The van der Waals surface area contributed by atoms with Crippen LogP contribution in [-0.4, -0.2) is 44.5 Å². The van der Waals surface area contributed by atoms with Crippen LogP contribution in [0.25, 0.3) is 5.69 Å². The van der Waals surface area contributed by atoms with Gasteiger partial charge in [0, 0.05) is 25.4 Å². The average molecular weight is 341 g/mol. The van der Waals surface area contributed by atoms with Crippen LogP contribution < -0.4 is 0 Å². The number of amides is 1. The van der Waals surface area contributed by atoms with Crippen LogP contribution in [0.5, 0.6) is 0 Å². The summed E-state index contributed by atoms with van der Waals surface area (Å²) in [6.07, 6.45) is -2.65. The Kier molecular flexibility index (Phi) is 4.98. The minimum Gasteiger partial charge on any atom is -0.380 e. The molecule has 0 spiro atoms. The molecule has 8 heteroatoms. The quantitative estimate of drug-likeness (QED) is 0.909. The number of halogens is 3. The zero-order chi connectivity index (χ0) is 18.0. The highest BCUT2D eigenvalue weighted by Gasteiger charge is 2.51. The van der Waals surface area contributed by atoms with Crippen molar-refractivity contribution in [3.63, 3.8) is 0 Å². The summed E-state index contributed by atoms with van der Waals surface area (Å²) in [6.45, 7) is 0.686. The van der Waals surface area contributed by atoms with Crippen molar-refractivity contribution in [1.82, 2.24) is 14.7 Å². The summed E-state index contributed by atoms with van der Waals surface area (Å²) >= 11 is 0. The van der Waals surface area contributed by atoms with Crippen LogP contribution in [0.2, 0.25) is 0 Å². The molecular weight excluding hydrogens is 323 g/mol. The molecule has 0 radical (unpaired) electrons. The monoisotopic (exact) mass is 341 g/mol. The van der Waals surface area contributed by atoms with Gasteiger partial charge in [-0.25, -0.2) is 4.68 Å². The van der Waals surface area contributed by atoms with Crippen LogP contribution in [0.4, 0.5) is 13.2 Å². The fourth-order valence-electron chi connectivity index (χ4n) is 2.06. The molecule has 0 fully saturated rings. The van der Waals surface area contributed by atoms with Gasteiger partial charge in [0.25, 0.3) is 0 Å². The summed E-state index contributed by atoms with van der Waals surface area (Å²) in [4.78, 5) is 13.1. The molecule has 1 aromatic carbocycles. The number of alkyl halides is 3. The molecule has 0 aliphatic carbocycles. The van der Waals surface area contributed by atoms with Gasteiger partial charge in [0.1, 0.15) is 0 Å². The predicted molar refractivity (Wildman–Crippen MR) is 81.3 cm³/mol. The zero-order valence-corrected chi connectivity index (χ0v) is 13.3. The number of aliphatic hydroxyl groups is 1. The van der Waals surface area contributed by atoms with Crippen LogP contribution >= 0.6 is 0 Å². The summed E-state index contributed by atoms with van der Waals surface area (Å²) in [7, 11) is 1.38. The molecule has 0 aliphatic rings. The Bertz CT molecular complexity index is 696. The molecule has 130 valence electrons. The summed E-state index contributed by atoms with van der Waals surface area (Å²) in [5.41, 5.74) is -1.55. The van der Waals surface area contributed by atoms with Crippen molar-refractivity contribution in [3.05, 3.63) is 48.3 Å². The molecular formula is C16H18F3N3O2. The van der Waals surface area contributed by atoms with E-state index in [1.165, 1.54) is 7.05 Å². The molecule has 0 saturated heterocycles. The first kappa shape index (κ1) is 18.0. The minimum atomic E-state index is -4.86. The van der Waals surface area contributed by atoms with Gasteiger partial charge in [-0.15, -0.1) is 0 Å². The van der Waals surface area contributed by atoms with Gasteiger partial charge in [-0.3, -0.25) is 4.79 Å². The summed E-state index contributed by atoms with van der Waals surface area (Å²) in [5, 5.41) is 13.6. The number of carbonyl (C=O) groups excluding carboxylic acids is 1. The molecule has 0 unspecified atom stereocenters. The molecule has 1 amide bonds. The Labute approximate surface area is 137 Å². The van der Waals surface area contributed by atoms with E-state index in [-0.39, 0.29) is 6.54 Å². The lowest BCUT2D eigenvalue weighted by Gasteiger charge is -2.27. The van der Waals surface area contributed by atoms with Gasteiger partial charge in [0.15, 0.2) is 5.60 Å². The lowest BCUT2D eigenvalue weighted by molar-refractivity contribution is -0.254. The van der Waals surface area contributed by atoms with Crippen molar-refractivity contribution in [3.8, 4) is 5.69 Å². The predicted octanol–water partition coefficient (Wildman–Crippen LogP) is 2.53. The third-order valence-electron chi connectivity index (χ3n) is 3.61. The van der Waals surface area contributed by atoms with Crippen molar-refractivity contribution in [2.45, 2.75) is 31.7 Å². The maximum absolute atomic E-state index is 12.6. The highest BCUT2D eigenvalue weighted by atomic mass is 19.4. The van der Waals surface area contributed by atoms with Gasteiger partial charge in [-0.05, 0) is 19.1 Å². The van der Waals surface area contributed by atoms with Crippen molar-refractivity contribution >= 4 is 5.91 Å². The van der Waals surface area contributed by atoms with E-state index in [0.29, 0.717) is 12.5 Å². The van der Waals surface area contributed by atoms with Gasteiger partial charge in [-0.1, -0.05) is 18.2 Å². The van der Waals surface area contributed by atoms with Gasteiger partial charge in [-0.2, -0.15) is 18.3 Å². The Morgan fingerprint density at radius 2 is 1.92 bits per heavy atom. The highest BCUT2D eigenvalue weighted by molar-refractivity contribution is 5.77. The van der Waals surface area contributed by atoms with Crippen molar-refractivity contribution in [1.29, 1.82) is 0 Å². The van der Waals surface area contributed by atoms with E-state index in [0.717, 1.165) is 10.6 Å². The second kappa shape index (κ2) is 6.64. The smallest absolute Gasteiger partial charge is 0.380 e. The normalized spacial score (nSPS) is 14.2.